The van der Waals surface area contributed by atoms with Crippen molar-refractivity contribution in [3.8, 4) is 5.75 Å². The van der Waals surface area contributed by atoms with E-state index in [0.29, 0.717) is 17.3 Å². The maximum atomic E-state index is 12.5. The molecule has 0 unspecified atom stereocenters. The molecule has 0 heterocycles. The second-order valence-corrected chi connectivity index (χ2v) is 8.09. The summed E-state index contributed by atoms with van der Waals surface area (Å²) >= 11 is 7.50. The number of benzene rings is 2. The van der Waals surface area contributed by atoms with E-state index in [4.69, 9.17) is 16.3 Å². The van der Waals surface area contributed by atoms with Crippen LogP contribution in [-0.4, -0.2) is 36.8 Å². The topological polar surface area (TPSA) is 67.4 Å². The Labute approximate surface area is 175 Å². The molecule has 0 aliphatic rings. The monoisotopic (exact) mass is 420 g/mol. The smallest absolute Gasteiger partial charge is 0.258 e. The summed E-state index contributed by atoms with van der Waals surface area (Å²) in [5.41, 5.74) is 0. The molecule has 2 rings (SSSR count). The normalized spacial score (nSPS) is 11.7. The van der Waals surface area contributed by atoms with E-state index in [2.05, 4.69) is 10.6 Å². The summed E-state index contributed by atoms with van der Waals surface area (Å²) < 4.78 is 5.43. The van der Waals surface area contributed by atoms with Crippen LogP contribution in [0.15, 0.2) is 59.5 Å². The molecule has 0 aliphatic heterocycles. The van der Waals surface area contributed by atoms with Crippen molar-refractivity contribution in [2.24, 2.45) is 5.92 Å². The summed E-state index contributed by atoms with van der Waals surface area (Å²) in [6.07, 6.45) is 0. The number of hydrogen-bond acceptors (Lipinski definition) is 4. The molecular formula is C21H25ClN2O3S. The zero-order valence-electron chi connectivity index (χ0n) is 16.0. The molecule has 2 aromatic carbocycles. The third-order valence-corrected chi connectivity index (χ3v) is 5.13. The highest BCUT2D eigenvalue weighted by Crippen LogP contribution is 2.19. The number of amides is 2. The van der Waals surface area contributed by atoms with Gasteiger partial charge in [-0.25, -0.2) is 0 Å². The molecule has 0 saturated carbocycles. The second-order valence-electron chi connectivity index (χ2n) is 6.48. The summed E-state index contributed by atoms with van der Waals surface area (Å²) in [7, 11) is 0. The zero-order chi connectivity index (χ0) is 20.4. The lowest BCUT2D eigenvalue weighted by atomic mass is 10.0. The zero-order valence-corrected chi connectivity index (χ0v) is 17.6. The first-order valence-corrected chi connectivity index (χ1v) is 10.5. The van der Waals surface area contributed by atoms with Crippen molar-refractivity contribution in [2.45, 2.75) is 24.8 Å². The highest BCUT2D eigenvalue weighted by molar-refractivity contribution is 7.99. The van der Waals surface area contributed by atoms with Crippen molar-refractivity contribution >= 4 is 35.2 Å². The van der Waals surface area contributed by atoms with Gasteiger partial charge in [-0.05, 0) is 42.3 Å². The van der Waals surface area contributed by atoms with Crippen LogP contribution >= 0.6 is 23.4 Å². The fraction of sp³-hybridized carbons (Fsp3) is 0.333. The van der Waals surface area contributed by atoms with Gasteiger partial charge in [-0.15, -0.1) is 11.8 Å². The number of carbonyl (C=O) groups is 2. The van der Waals surface area contributed by atoms with Crippen LogP contribution in [0.4, 0.5) is 0 Å². The van der Waals surface area contributed by atoms with Gasteiger partial charge in [0, 0.05) is 22.2 Å². The van der Waals surface area contributed by atoms with E-state index in [9.17, 15) is 9.59 Å². The van der Waals surface area contributed by atoms with Crippen LogP contribution < -0.4 is 15.4 Å². The van der Waals surface area contributed by atoms with E-state index < -0.39 is 6.04 Å². The molecule has 2 aromatic rings. The van der Waals surface area contributed by atoms with Gasteiger partial charge in [0.1, 0.15) is 11.8 Å². The van der Waals surface area contributed by atoms with Crippen LogP contribution in [0, 0.1) is 5.92 Å². The molecule has 1 atom stereocenters. The fourth-order valence-electron chi connectivity index (χ4n) is 2.40. The van der Waals surface area contributed by atoms with Crippen molar-refractivity contribution in [3.05, 3.63) is 59.6 Å². The minimum absolute atomic E-state index is 0.0374. The molecule has 28 heavy (non-hydrogen) atoms. The molecule has 150 valence electrons. The highest BCUT2D eigenvalue weighted by Gasteiger charge is 2.23. The van der Waals surface area contributed by atoms with Crippen molar-refractivity contribution in [1.82, 2.24) is 10.6 Å². The Morgan fingerprint density at radius 3 is 2.39 bits per heavy atom. The molecule has 0 aromatic heterocycles. The first kappa shape index (κ1) is 22.1. The summed E-state index contributed by atoms with van der Waals surface area (Å²) in [6.45, 7) is 4.16. The number of rotatable bonds is 10. The lowest BCUT2D eigenvalue weighted by Crippen LogP contribution is -2.51. The number of halogens is 1. The predicted octanol–water partition coefficient (Wildman–Crippen LogP) is 3.77. The SMILES string of the molecule is CC(C)[C@H](NC(=O)COc1ccccc1)C(=O)NCCSc1ccc(Cl)cc1. The van der Waals surface area contributed by atoms with E-state index in [0.717, 1.165) is 10.6 Å². The average molecular weight is 421 g/mol. The first-order valence-electron chi connectivity index (χ1n) is 9.09. The Kier molecular flexibility index (Phi) is 9.17. The van der Waals surface area contributed by atoms with E-state index in [1.54, 1.807) is 23.9 Å². The molecule has 5 nitrogen and oxygen atoms in total. The fourth-order valence-corrected chi connectivity index (χ4v) is 3.29. The van der Waals surface area contributed by atoms with Crippen molar-refractivity contribution in [2.75, 3.05) is 18.9 Å². The van der Waals surface area contributed by atoms with Crippen LogP contribution in [0.5, 0.6) is 5.75 Å². The van der Waals surface area contributed by atoms with Crippen LogP contribution in [0.3, 0.4) is 0 Å². The molecule has 0 bridgehead atoms. The third-order valence-electron chi connectivity index (χ3n) is 3.86. The summed E-state index contributed by atoms with van der Waals surface area (Å²) in [5.74, 6) is 0.781. The number of ether oxygens (including phenoxy) is 1. The number of carbonyl (C=O) groups excluding carboxylic acids is 2. The van der Waals surface area contributed by atoms with Crippen LogP contribution in [0.1, 0.15) is 13.8 Å². The molecule has 2 N–H and O–H groups in total. The van der Waals surface area contributed by atoms with Gasteiger partial charge in [0.2, 0.25) is 5.91 Å². The van der Waals surface area contributed by atoms with Crippen LogP contribution in [0.2, 0.25) is 5.02 Å². The van der Waals surface area contributed by atoms with Gasteiger partial charge in [-0.2, -0.15) is 0 Å². The maximum absolute atomic E-state index is 12.5. The van der Waals surface area contributed by atoms with Gasteiger partial charge < -0.3 is 15.4 Å². The highest BCUT2D eigenvalue weighted by atomic mass is 35.5. The summed E-state index contributed by atoms with van der Waals surface area (Å²) in [4.78, 5) is 25.7. The molecular weight excluding hydrogens is 396 g/mol. The van der Waals surface area contributed by atoms with Gasteiger partial charge in [-0.3, -0.25) is 9.59 Å². The van der Waals surface area contributed by atoms with E-state index in [1.807, 2.05) is 56.3 Å². The molecule has 7 heteroatoms. The Morgan fingerprint density at radius 1 is 1.07 bits per heavy atom. The third kappa shape index (κ3) is 7.82. The predicted molar refractivity (Wildman–Crippen MR) is 114 cm³/mol. The lowest BCUT2D eigenvalue weighted by Gasteiger charge is -2.21. The van der Waals surface area contributed by atoms with Gasteiger partial charge in [0.25, 0.3) is 5.91 Å². The molecule has 0 fully saturated rings. The Morgan fingerprint density at radius 2 is 1.75 bits per heavy atom. The summed E-state index contributed by atoms with van der Waals surface area (Å²) in [6, 6.07) is 16.0. The number of para-hydroxylation sites is 1. The molecule has 0 radical (unpaired) electrons. The minimum Gasteiger partial charge on any atom is -0.484 e. The van der Waals surface area contributed by atoms with Crippen LogP contribution in [-0.2, 0) is 9.59 Å². The van der Waals surface area contributed by atoms with Gasteiger partial charge in [0.15, 0.2) is 6.61 Å². The Balaban J connectivity index is 1.74. The van der Waals surface area contributed by atoms with Gasteiger partial charge in [-0.1, -0.05) is 43.6 Å². The number of thioether (sulfide) groups is 1. The van der Waals surface area contributed by atoms with E-state index in [1.165, 1.54) is 0 Å². The standard InChI is InChI=1S/C21H25ClN2O3S/c1-15(2)20(24-19(25)14-27-17-6-4-3-5-7-17)21(26)23-12-13-28-18-10-8-16(22)9-11-18/h3-11,15,20H,12-14H2,1-2H3,(H,23,26)(H,24,25)/t20-/m0/s1. The Bertz CT molecular complexity index is 754. The van der Waals surface area contributed by atoms with Crippen molar-refractivity contribution < 1.29 is 14.3 Å². The van der Waals surface area contributed by atoms with E-state index in [-0.39, 0.29) is 24.3 Å². The molecule has 0 aliphatic carbocycles. The molecule has 0 saturated heterocycles. The largest absolute Gasteiger partial charge is 0.484 e. The molecule has 2 amide bonds. The average Bonchev–Trinajstić information content (AvgIpc) is 2.69. The number of hydrogen-bond donors (Lipinski definition) is 2. The lowest BCUT2D eigenvalue weighted by molar-refractivity contribution is -0.131. The minimum atomic E-state index is -0.604. The summed E-state index contributed by atoms with van der Waals surface area (Å²) in [5, 5.41) is 6.34. The quantitative estimate of drug-likeness (QED) is 0.453. The molecule has 0 spiro atoms. The second kappa shape index (κ2) is 11.6. The van der Waals surface area contributed by atoms with E-state index >= 15 is 0 Å². The van der Waals surface area contributed by atoms with Crippen molar-refractivity contribution in [1.29, 1.82) is 0 Å². The first-order chi connectivity index (χ1) is 13.5. The number of nitrogens with one attached hydrogen (secondary N) is 2. The maximum Gasteiger partial charge on any atom is 0.258 e. The van der Waals surface area contributed by atoms with Gasteiger partial charge in [0.05, 0.1) is 0 Å². The van der Waals surface area contributed by atoms with Crippen molar-refractivity contribution in [3.63, 3.8) is 0 Å². The van der Waals surface area contributed by atoms with Gasteiger partial charge >= 0.3 is 0 Å². The Hall–Kier alpha value is -2.18. The van der Waals surface area contributed by atoms with Crippen LogP contribution in [0.25, 0.3) is 0 Å².